The molecule has 6 nitrogen and oxygen atoms in total. The van der Waals surface area contributed by atoms with Gasteiger partial charge in [0.1, 0.15) is 0 Å². The van der Waals surface area contributed by atoms with E-state index >= 15 is 0 Å². The number of aliphatic hydroxyl groups is 1. The van der Waals surface area contributed by atoms with Crippen LogP contribution in [0.4, 0.5) is 5.69 Å². The van der Waals surface area contributed by atoms with E-state index in [4.69, 9.17) is 5.11 Å². The van der Waals surface area contributed by atoms with Crippen molar-refractivity contribution in [2.75, 3.05) is 6.61 Å². The Bertz CT molecular complexity index is 521. The van der Waals surface area contributed by atoms with Gasteiger partial charge in [-0.2, -0.15) is 0 Å². The summed E-state index contributed by atoms with van der Waals surface area (Å²) < 4.78 is 0.367. The Morgan fingerprint density at radius 3 is 2.65 bits per heavy atom. The van der Waals surface area contributed by atoms with E-state index in [9.17, 15) is 14.9 Å². The molecule has 0 bridgehead atoms. The fraction of sp³-hybridized carbons (Fsp3) is 0.462. The number of halogens is 1. The van der Waals surface area contributed by atoms with Crippen molar-refractivity contribution in [3.8, 4) is 0 Å². The van der Waals surface area contributed by atoms with E-state index in [0.29, 0.717) is 22.9 Å². The van der Waals surface area contributed by atoms with Gasteiger partial charge in [0.15, 0.2) is 0 Å². The van der Waals surface area contributed by atoms with Crippen LogP contribution in [-0.2, 0) is 0 Å². The number of nitrogens with zero attached hydrogens (tertiary/aromatic N) is 1. The highest BCUT2D eigenvalue weighted by Gasteiger charge is 2.25. The fourth-order valence-corrected chi connectivity index (χ4v) is 2.26. The monoisotopic (exact) mass is 344 g/mol. The van der Waals surface area contributed by atoms with Crippen LogP contribution in [0.1, 0.15) is 37.0 Å². The molecule has 2 N–H and O–H groups in total. The average Bonchev–Trinajstić information content (AvgIpc) is 2.38. The molecule has 0 aliphatic heterocycles. The molecule has 7 heteroatoms. The first-order valence-corrected chi connectivity index (χ1v) is 6.99. The maximum atomic E-state index is 12.2. The zero-order valence-corrected chi connectivity index (χ0v) is 12.9. The third-order valence-corrected chi connectivity index (χ3v) is 3.92. The van der Waals surface area contributed by atoms with E-state index < -0.39 is 10.5 Å². The van der Waals surface area contributed by atoms with Crippen LogP contribution in [0.5, 0.6) is 0 Å². The van der Waals surface area contributed by atoms with Gasteiger partial charge in [-0.3, -0.25) is 14.9 Å². The van der Waals surface area contributed by atoms with Crippen molar-refractivity contribution in [2.24, 2.45) is 0 Å². The van der Waals surface area contributed by atoms with Crippen molar-refractivity contribution < 1.29 is 14.8 Å². The highest BCUT2D eigenvalue weighted by atomic mass is 79.9. The number of nitro groups is 1. The van der Waals surface area contributed by atoms with Crippen LogP contribution >= 0.6 is 15.9 Å². The largest absolute Gasteiger partial charge is 0.396 e. The summed E-state index contributed by atoms with van der Waals surface area (Å²) >= 11 is 3.17. The van der Waals surface area contributed by atoms with Crippen LogP contribution in [0.15, 0.2) is 22.7 Å². The zero-order chi connectivity index (χ0) is 15.3. The summed E-state index contributed by atoms with van der Waals surface area (Å²) in [6.07, 6.45) is 1.11. The summed E-state index contributed by atoms with van der Waals surface area (Å²) in [6, 6.07) is 3.99. The van der Waals surface area contributed by atoms with Crippen molar-refractivity contribution in [1.29, 1.82) is 0 Å². The Morgan fingerprint density at radius 2 is 2.20 bits per heavy atom. The van der Waals surface area contributed by atoms with Gasteiger partial charge in [0.25, 0.3) is 11.6 Å². The van der Waals surface area contributed by atoms with Crippen molar-refractivity contribution in [1.82, 2.24) is 5.32 Å². The predicted octanol–water partition coefficient (Wildman–Crippen LogP) is 2.64. The van der Waals surface area contributed by atoms with Crippen LogP contribution in [0.25, 0.3) is 0 Å². The second kappa shape index (κ2) is 6.81. The lowest BCUT2D eigenvalue weighted by Gasteiger charge is -2.29. The van der Waals surface area contributed by atoms with Gasteiger partial charge >= 0.3 is 0 Å². The zero-order valence-electron chi connectivity index (χ0n) is 11.4. The number of aliphatic hydroxyl groups excluding tert-OH is 1. The van der Waals surface area contributed by atoms with Gasteiger partial charge in [0.05, 0.1) is 10.5 Å². The second-order valence-corrected chi connectivity index (χ2v) is 5.62. The van der Waals surface area contributed by atoms with E-state index in [1.807, 2.05) is 13.8 Å². The van der Waals surface area contributed by atoms with Gasteiger partial charge in [-0.1, -0.05) is 6.92 Å². The van der Waals surface area contributed by atoms with Crippen molar-refractivity contribution in [3.05, 3.63) is 38.3 Å². The number of benzene rings is 1. The molecular formula is C13H17BrN2O4. The lowest BCUT2D eigenvalue weighted by Crippen LogP contribution is -2.46. The number of hydrogen-bond donors (Lipinski definition) is 2. The van der Waals surface area contributed by atoms with E-state index in [1.165, 1.54) is 18.2 Å². The number of carbonyl (C=O) groups is 1. The SMILES string of the molecule is CCC(C)(CCO)NC(=O)c1ccc([N+](=O)[O-])cc1Br. The summed E-state index contributed by atoms with van der Waals surface area (Å²) in [5.41, 5.74) is -0.261. The van der Waals surface area contributed by atoms with Gasteiger partial charge in [0, 0.05) is 28.8 Å². The van der Waals surface area contributed by atoms with Crippen LogP contribution < -0.4 is 5.32 Å². The molecule has 0 radical (unpaired) electrons. The number of non-ortho nitro benzene ring substituents is 1. The number of nitrogens with one attached hydrogen (secondary N) is 1. The molecule has 0 aliphatic rings. The molecule has 0 aromatic heterocycles. The first-order valence-electron chi connectivity index (χ1n) is 6.20. The summed E-state index contributed by atoms with van der Waals surface area (Å²) in [7, 11) is 0. The van der Waals surface area contributed by atoms with Crippen molar-refractivity contribution in [3.63, 3.8) is 0 Å². The van der Waals surface area contributed by atoms with Crippen molar-refractivity contribution >= 4 is 27.5 Å². The second-order valence-electron chi connectivity index (χ2n) is 4.76. The number of carbonyl (C=O) groups excluding carboxylic acids is 1. The van der Waals surface area contributed by atoms with Gasteiger partial charge in [-0.15, -0.1) is 0 Å². The molecule has 0 aliphatic carbocycles. The highest BCUT2D eigenvalue weighted by Crippen LogP contribution is 2.24. The number of rotatable bonds is 6. The van der Waals surface area contributed by atoms with Crippen LogP contribution in [0.3, 0.4) is 0 Å². The Balaban J connectivity index is 2.95. The van der Waals surface area contributed by atoms with Crippen LogP contribution in [0.2, 0.25) is 0 Å². The molecule has 110 valence electrons. The summed E-state index contributed by atoms with van der Waals surface area (Å²) in [5.74, 6) is -0.329. The lowest BCUT2D eigenvalue weighted by atomic mass is 9.94. The minimum absolute atomic E-state index is 0.0218. The van der Waals surface area contributed by atoms with Gasteiger partial charge in [-0.05, 0) is 41.8 Å². The van der Waals surface area contributed by atoms with Gasteiger partial charge < -0.3 is 10.4 Å². The predicted molar refractivity (Wildman–Crippen MR) is 78.7 cm³/mol. The molecule has 0 saturated carbocycles. The first kappa shape index (κ1) is 16.6. The Morgan fingerprint density at radius 1 is 1.55 bits per heavy atom. The third kappa shape index (κ3) is 4.01. The average molecular weight is 345 g/mol. The summed E-state index contributed by atoms with van der Waals surface area (Å²) in [4.78, 5) is 22.3. The van der Waals surface area contributed by atoms with E-state index in [0.717, 1.165) is 0 Å². The maximum absolute atomic E-state index is 12.2. The molecular weight excluding hydrogens is 328 g/mol. The van der Waals surface area contributed by atoms with Crippen LogP contribution in [0, 0.1) is 10.1 Å². The minimum Gasteiger partial charge on any atom is -0.396 e. The third-order valence-electron chi connectivity index (χ3n) is 3.27. The van der Waals surface area contributed by atoms with E-state index in [2.05, 4.69) is 21.2 Å². The molecule has 1 aromatic carbocycles. The number of amides is 1. The highest BCUT2D eigenvalue weighted by molar-refractivity contribution is 9.10. The molecule has 1 unspecified atom stereocenters. The lowest BCUT2D eigenvalue weighted by molar-refractivity contribution is -0.384. The smallest absolute Gasteiger partial charge is 0.270 e. The maximum Gasteiger partial charge on any atom is 0.270 e. The normalized spacial score (nSPS) is 13.6. The fourth-order valence-electron chi connectivity index (χ4n) is 1.72. The van der Waals surface area contributed by atoms with E-state index in [-0.39, 0.29) is 18.2 Å². The summed E-state index contributed by atoms with van der Waals surface area (Å²) in [5, 5.41) is 22.5. The Hall–Kier alpha value is -1.47. The molecule has 20 heavy (non-hydrogen) atoms. The molecule has 0 fully saturated rings. The van der Waals surface area contributed by atoms with Gasteiger partial charge in [-0.25, -0.2) is 0 Å². The summed E-state index contributed by atoms with van der Waals surface area (Å²) in [6.45, 7) is 3.74. The molecule has 0 heterocycles. The molecule has 0 saturated heterocycles. The first-order chi connectivity index (χ1) is 9.33. The standard InChI is InChI=1S/C13H17BrN2O4/c1-3-13(2,6-7-17)15-12(18)10-5-4-9(16(19)20)8-11(10)14/h4-5,8,17H,3,6-7H2,1-2H3,(H,15,18). The Kier molecular flexibility index (Phi) is 5.64. The topological polar surface area (TPSA) is 92.5 Å². The molecule has 1 aromatic rings. The molecule has 1 amide bonds. The molecule has 0 spiro atoms. The Labute approximate surface area is 125 Å². The van der Waals surface area contributed by atoms with Crippen molar-refractivity contribution in [2.45, 2.75) is 32.2 Å². The van der Waals surface area contributed by atoms with E-state index in [1.54, 1.807) is 0 Å². The minimum atomic E-state index is -0.519. The quantitative estimate of drug-likeness (QED) is 0.612. The van der Waals surface area contributed by atoms with Gasteiger partial charge in [0.2, 0.25) is 0 Å². The molecule has 1 rings (SSSR count). The number of hydrogen-bond acceptors (Lipinski definition) is 4. The number of nitro benzene ring substituents is 1. The molecule has 1 atom stereocenters. The van der Waals surface area contributed by atoms with Crippen LogP contribution in [-0.4, -0.2) is 28.1 Å².